The zero-order valence-corrected chi connectivity index (χ0v) is 13.9. The predicted octanol–water partition coefficient (Wildman–Crippen LogP) is 1.87. The molecule has 1 aliphatic rings. The van der Waals surface area contributed by atoms with E-state index in [1.807, 2.05) is 4.90 Å². The molecule has 2 rings (SSSR count). The number of benzene rings is 1. The number of aliphatic hydroxyl groups is 1. The zero-order chi connectivity index (χ0) is 16.9. The molecule has 23 heavy (non-hydrogen) atoms. The normalized spacial score (nSPS) is 17.0. The van der Waals surface area contributed by atoms with Crippen LogP contribution in [0.25, 0.3) is 0 Å². The Kier molecular flexibility index (Phi) is 6.47. The summed E-state index contributed by atoms with van der Waals surface area (Å²) in [6.45, 7) is 9.03. The molecule has 0 aliphatic carbocycles. The molecule has 1 N–H and O–H groups in total. The second-order valence-electron chi connectivity index (χ2n) is 6.71. The van der Waals surface area contributed by atoms with Crippen LogP contribution in [0.5, 0.6) is 0 Å². The lowest BCUT2D eigenvalue weighted by Gasteiger charge is -2.33. The monoisotopic (exact) mass is 328 g/mol. The molecule has 6 heteroatoms. The minimum atomic E-state index is -0.873. The number of nitrogens with zero attached hydrogens (tertiary/aromatic N) is 2. The fourth-order valence-electron chi connectivity index (χ4n) is 2.76. The summed E-state index contributed by atoms with van der Waals surface area (Å²) < 4.78 is 32.2. The first-order valence-electron chi connectivity index (χ1n) is 8.02. The molecule has 1 aromatic carbocycles. The Hall–Kier alpha value is -1.08. The molecule has 0 amide bonds. The lowest BCUT2D eigenvalue weighted by Crippen LogP contribution is -2.44. The molecule has 130 valence electrons. The van der Waals surface area contributed by atoms with Gasteiger partial charge in [-0.1, -0.05) is 6.07 Å². The Morgan fingerprint density at radius 3 is 2.57 bits per heavy atom. The molecule has 0 atom stereocenters. The van der Waals surface area contributed by atoms with Crippen molar-refractivity contribution in [3.8, 4) is 0 Å². The van der Waals surface area contributed by atoms with Gasteiger partial charge in [0.25, 0.3) is 0 Å². The Morgan fingerprint density at radius 2 is 1.96 bits per heavy atom. The molecule has 1 saturated heterocycles. The van der Waals surface area contributed by atoms with Gasteiger partial charge in [-0.15, -0.1) is 0 Å². The van der Waals surface area contributed by atoms with Crippen molar-refractivity contribution < 1.29 is 18.6 Å². The van der Waals surface area contributed by atoms with Gasteiger partial charge in [0.05, 0.1) is 18.8 Å². The van der Waals surface area contributed by atoms with Crippen molar-refractivity contribution in [1.29, 1.82) is 0 Å². The van der Waals surface area contributed by atoms with Crippen molar-refractivity contribution in [3.05, 3.63) is 35.4 Å². The van der Waals surface area contributed by atoms with E-state index in [2.05, 4.69) is 4.90 Å². The van der Waals surface area contributed by atoms with Gasteiger partial charge in [-0.25, -0.2) is 8.78 Å². The van der Waals surface area contributed by atoms with Crippen molar-refractivity contribution in [2.24, 2.45) is 0 Å². The van der Waals surface area contributed by atoms with Crippen LogP contribution >= 0.6 is 0 Å². The van der Waals surface area contributed by atoms with Gasteiger partial charge in [0.1, 0.15) is 11.6 Å². The van der Waals surface area contributed by atoms with Crippen LogP contribution in [0.2, 0.25) is 0 Å². The van der Waals surface area contributed by atoms with Gasteiger partial charge in [0, 0.05) is 50.9 Å². The van der Waals surface area contributed by atoms with Crippen LogP contribution in [0, 0.1) is 11.6 Å². The number of rotatable bonds is 7. The van der Waals surface area contributed by atoms with Crippen molar-refractivity contribution in [3.63, 3.8) is 0 Å². The first-order valence-corrected chi connectivity index (χ1v) is 8.02. The summed E-state index contributed by atoms with van der Waals surface area (Å²) in [5.74, 6) is -1.12. The number of hydrogen-bond donors (Lipinski definition) is 1. The van der Waals surface area contributed by atoms with E-state index in [9.17, 15) is 13.9 Å². The molecule has 1 fully saturated rings. The van der Waals surface area contributed by atoms with Crippen LogP contribution < -0.4 is 0 Å². The molecule has 1 aliphatic heterocycles. The van der Waals surface area contributed by atoms with E-state index in [4.69, 9.17) is 4.74 Å². The fraction of sp³-hybridized carbons (Fsp3) is 0.647. The minimum absolute atomic E-state index is 0.348. The SMILES string of the molecule is CC(C)(O)CN(CCN1CCOCC1)Cc1ccc(F)cc1F. The average molecular weight is 328 g/mol. The molecule has 0 spiro atoms. The van der Waals surface area contributed by atoms with Crippen molar-refractivity contribution in [2.45, 2.75) is 26.0 Å². The third-order valence-corrected chi connectivity index (χ3v) is 3.86. The third-order valence-electron chi connectivity index (χ3n) is 3.86. The minimum Gasteiger partial charge on any atom is -0.389 e. The lowest BCUT2D eigenvalue weighted by molar-refractivity contribution is 0.0137. The summed E-state index contributed by atoms with van der Waals surface area (Å²) in [4.78, 5) is 4.30. The fourth-order valence-corrected chi connectivity index (χ4v) is 2.76. The first-order chi connectivity index (χ1) is 10.8. The summed E-state index contributed by atoms with van der Waals surface area (Å²) in [6.07, 6.45) is 0. The van der Waals surface area contributed by atoms with Crippen molar-refractivity contribution in [2.75, 3.05) is 45.9 Å². The third kappa shape index (κ3) is 6.51. The summed E-state index contributed by atoms with van der Waals surface area (Å²) in [5.41, 5.74) is -0.431. The van der Waals surface area contributed by atoms with Crippen molar-refractivity contribution >= 4 is 0 Å². The maximum Gasteiger partial charge on any atom is 0.130 e. The first kappa shape index (κ1) is 18.3. The van der Waals surface area contributed by atoms with E-state index in [1.165, 1.54) is 12.1 Å². The molecule has 0 bridgehead atoms. The van der Waals surface area contributed by atoms with Crippen LogP contribution in [-0.4, -0.2) is 66.4 Å². The van der Waals surface area contributed by atoms with Crippen LogP contribution in [0.3, 0.4) is 0 Å². The van der Waals surface area contributed by atoms with Crippen LogP contribution in [0.1, 0.15) is 19.4 Å². The average Bonchev–Trinajstić information content (AvgIpc) is 2.47. The summed E-state index contributed by atoms with van der Waals surface area (Å²) in [5, 5.41) is 10.1. The Bertz CT molecular complexity index is 500. The van der Waals surface area contributed by atoms with E-state index in [1.54, 1.807) is 13.8 Å². The highest BCUT2D eigenvalue weighted by molar-refractivity contribution is 5.18. The van der Waals surface area contributed by atoms with E-state index in [0.717, 1.165) is 38.9 Å². The second-order valence-corrected chi connectivity index (χ2v) is 6.71. The molecule has 0 radical (unpaired) electrons. The van der Waals surface area contributed by atoms with Gasteiger partial charge >= 0.3 is 0 Å². The quantitative estimate of drug-likeness (QED) is 0.829. The highest BCUT2D eigenvalue weighted by Gasteiger charge is 2.21. The molecule has 0 unspecified atom stereocenters. The van der Waals surface area contributed by atoms with Crippen molar-refractivity contribution in [1.82, 2.24) is 9.80 Å². The van der Waals surface area contributed by atoms with Gasteiger partial charge in [0.15, 0.2) is 0 Å². The highest BCUT2D eigenvalue weighted by atomic mass is 19.1. The molecule has 4 nitrogen and oxygen atoms in total. The van der Waals surface area contributed by atoms with Gasteiger partial charge in [-0.2, -0.15) is 0 Å². The molecule has 1 heterocycles. The van der Waals surface area contributed by atoms with E-state index in [-0.39, 0.29) is 0 Å². The Labute approximate surface area is 136 Å². The van der Waals surface area contributed by atoms with Crippen LogP contribution in [0.15, 0.2) is 18.2 Å². The van der Waals surface area contributed by atoms with Gasteiger partial charge < -0.3 is 9.84 Å². The number of morpholine rings is 1. The standard InChI is InChI=1S/C17H26F2N2O2/c1-17(2,22)13-21(6-5-20-7-9-23-10-8-20)12-14-3-4-15(18)11-16(14)19/h3-4,11,22H,5-10,12-13H2,1-2H3. The Morgan fingerprint density at radius 1 is 1.26 bits per heavy atom. The summed E-state index contributed by atoms with van der Waals surface area (Å²) in [7, 11) is 0. The second kappa shape index (κ2) is 8.15. The molecule has 0 saturated carbocycles. The smallest absolute Gasteiger partial charge is 0.130 e. The topological polar surface area (TPSA) is 35.9 Å². The van der Waals surface area contributed by atoms with Crippen LogP contribution in [-0.2, 0) is 11.3 Å². The van der Waals surface area contributed by atoms with E-state index < -0.39 is 17.2 Å². The largest absolute Gasteiger partial charge is 0.389 e. The predicted molar refractivity (Wildman–Crippen MR) is 85.2 cm³/mol. The van der Waals surface area contributed by atoms with Gasteiger partial charge in [0.2, 0.25) is 0 Å². The lowest BCUT2D eigenvalue weighted by atomic mass is 10.1. The van der Waals surface area contributed by atoms with E-state index in [0.29, 0.717) is 25.2 Å². The zero-order valence-electron chi connectivity index (χ0n) is 13.9. The number of hydrogen-bond acceptors (Lipinski definition) is 4. The van der Waals surface area contributed by atoms with Gasteiger partial charge in [-0.05, 0) is 19.9 Å². The molecular formula is C17H26F2N2O2. The maximum atomic E-state index is 13.9. The molecule has 0 aromatic heterocycles. The summed E-state index contributed by atoms with van der Waals surface area (Å²) >= 11 is 0. The highest BCUT2D eigenvalue weighted by Crippen LogP contribution is 2.15. The molecular weight excluding hydrogens is 302 g/mol. The van der Waals surface area contributed by atoms with Crippen LogP contribution in [0.4, 0.5) is 8.78 Å². The van der Waals surface area contributed by atoms with E-state index >= 15 is 0 Å². The maximum absolute atomic E-state index is 13.9. The molecule has 1 aromatic rings. The number of halogens is 2. The number of ether oxygens (including phenoxy) is 1. The van der Waals surface area contributed by atoms with Gasteiger partial charge in [-0.3, -0.25) is 9.80 Å². The Balaban J connectivity index is 1.98. The summed E-state index contributed by atoms with van der Waals surface area (Å²) in [6, 6.07) is 3.64.